The highest BCUT2D eigenvalue weighted by Gasteiger charge is 2.34. The van der Waals surface area contributed by atoms with E-state index in [9.17, 15) is 18.0 Å². The molecule has 0 radical (unpaired) electrons. The molecule has 0 saturated carbocycles. The molecule has 4 aromatic rings. The minimum Gasteiger partial charge on any atom is -0.402 e. The van der Waals surface area contributed by atoms with Gasteiger partial charge in [0, 0.05) is 31.3 Å². The number of halogens is 3. The van der Waals surface area contributed by atoms with E-state index in [1.807, 2.05) is 41.8 Å². The van der Waals surface area contributed by atoms with Gasteiger partial charge < -0.3 is 19.4 Å². The van der Waals surface area contributed by atoms with Crippen molar-refractivity contribution in [3.05, 3.63) is 75.6 Å². The Hall–Kier alpha value is -4.10. The number of pyridine rings is 1. The van der Waals surface area contributed by atoms with Crippen LogP contribution in [0, 0.1) is 0 Å². The molecule has 0 spiro atoms. The number of carbonyl (C=O) groups is 1. The molecule has 9 nitrogen and oxygen atoms in total. The maximum Gasteiger partial charge on any atom is 0.417 e. The Balaban J connectivity index is 1.33. The van der Waals surface area contributed by atoms with Gasteiger partial charge in [-0.3, -0.25) is 9.79 Å². The average Bonchev–Trinajstić information content (AvgIpc) is 3.58. The van der Waals surface area contributed by atoms with E-state index in [0.717, 1.165) is 28.3 Å². The van der Waals surface area contributed by atoms with Gasteiger partial charge in [-0.1, -0.05) is 35.4 Å². The summed E-state index contributed by atoms with van der Waals surface area (Å²) in [6.45, 7) is 1.49. The minimum atomic E-state index is -4.57. The molecule has 13 heteroatoms. The molecular weight excluding hydrogens is 533 g/mol. The summed E-state index contributed by atoms with van der Waals surface area (Å²) in [5, 5.41) is 12.8. The summed E-state index contributed by atoms with van der Waals surface area (Å²) in [4.78, 5) is 24.5. The lowest BCUT2D eigenvalue weighted by Gasteiger charge is -2.30. The molecule has 1 fully saturated rings. The molecule has 0 aliphatic carbocycles. The highest BCUT2D eigenvalue weighted by Crippen LogP contribution is 2.36. The van der Waals surface area contributed by atoms with E-state index < -0.39 is 17.9 Å². The van der Waals surface area contributed by atoms with Gasteiger partial charge in [-0.2, -0.15) is 13.2 Å². The number of fused-ring (bicyclic) bond motifs is 1. The highest BCUT2D eigenvalue weighted by molar-refractivity contribution is 7.12. The van der Waals surface area contributed by atoms with Gasteiger partial charge in [0.15, 0.2) is 17.6 Å². The maximum atomic E-state index is 13.4. The van der Waals surface area contributed by atoms with Crippen LogP contribution in [-0.2, 0) is 22.1 Å². The summed E-state index contributed by atoms with van der Waals surface area (Å²) in [6, 6.07) is 12.4. The van der Waals surface area contributed by atoms with E-state index in [1.165, 1.54) is 11.3 Å². The molecule has 39 heavy (non-hydrogen) atoms. The fourth-order valence-electron chi connectivity index (χ4n) is 4.45. The van der Waals surface area contributed by atoms with E-state index in [0.29, 0.717) is 32.0 Å². The Bertz CT molecular complexity index is 1530. The first-order chi connectivity index (χ1) is 18.9. The minimum absolute atomic E-state index is 0.0832. The quantitative estimate of drug-likeness (QED) is 0.386. The van der Waals surface area contributed by atoms with Crippen LogP contribution < -0.4 is 10.2 Å². The van der Waals surface area contributed by atoms with Crippen LogP contribution in [0.3, 0.4) is 0 Å². The number of thiophene rings is 1. The van der Waals surface area contributed by atoms with Crippen molar-refractivity contribution >= 4 is 34.5 Å². The predicted octanol–water partition coefficient (Wildman–Crippen LogP) is 4.45. The number of nitrogens with one attached hydrogen (secondary N) is 1. The monoisotopic (exact) mass is 554 g/mol. The fraction of sp³-hybridized carbons (Fsp3) is 0.269. The van der Waals surface area contributed by atoms with E-state index >= 15 is 0 Å². The van der Waals surface area contributed by atoms with Crippen LogP contribution in [0.1, 0.15) is 21.6 Å². The molecule has 2 aliphatic heterocycles. The Morgan fingerprint density at radius 3 is 2.64 bits per heavy atom. The predicted molar refractivity (Wildman–Crippen MR) is 138 cm³/mol. The van der Waals surface area contributed by atoms with Gasteiger partial charge in [-0.15, -0.1) is 16.4 Å². The second-order valence-corrected chi connectivity index (χ2v) is 9.83. The summed E-state index contributed by atoms with van der Waals surface area (Å²) in [5.41, 5.74) is 1.84. The van der Waals surface area contributed by atoms with E-state index in [-0.39, 0.29) is 35.5 Å². The number of ketones is 1. The van der Waals surface area contributed by atoms with Crippen molar-refractivity contribution in [3.63, 3.8) is 0 Å². The number of morpholine rings is 1. The third-order valence-corrected chi connectivity index (χ3v) is 7.33. The number of benzene rings is 1. The zero-order valence-electron chi connectivity index (χ0n) is 20.3. The number of aliphatic imine (C=N–C) groups is 1. The zero-order valence-corrected chi connectivity index (χ0v) is 21.1. The largest absolute Gasteiger partial charge is 0.417 e. The van der Waals surface area contributed by atoms with Crippen LogP contribution in [0.15, 0.2) is 63.5 Å². The number of hydrogen-bond donors (Lipinski definition) is 1. The second-order valence-electron chi connectivity index (χ2n) is 8.91. The number of ether oxygens (including phenoxy) is 1. The second kappa shape index (κ2) is 10.2. The van der Waals surface area contributed by atoms with Gasteiger partial charge in [0.05, 0.1) is 35.1 Å². The molecule has 1 saturated heterocycles. The van der Waals surface area contributed by atoms with Crippen molar-refractivity contribution in [3.8, 4) is 11.6 Å². The van der Waals surface area contributed by atoms with Crippen LogP contribution in [0.2, 0.25) is 0 Å². The Morgan fingerprint density at radius 1 is 1.08 bits per heavy atom. The van der Waals surface area contributed by atoms with Gasteiger partial charge in [0.2, 0.25) is 0 Å². The molecule has 0 amide bonds. The molecule has 1 unspecified atom stereocenters. The standard InChI is InChI=1S/C26H21F3N6O3S/c27-26(28,29)17-13-18(35-7-9-37-10-8-35)21(30-14-17)24-33-34-25(38-24)32-23-19(36)12-16-6-11-39-22(16)20(31-23)15-4-2-1-3-5-15/h1-6,11,13-14,23H,7-10,12H2,(H,32,34). The van der Waals surface area contributed by atoms with E-state index in [4.69, 9.17) is 14.1 Å². The van der Waals surface area contributed by atoms with Gasteiger partial charge in [-0.05, 0) is 23.1 Å². The van der Waals surface area contributed by atoms with Crippen molar-refractivity contribution in [2.24, 2.45) is 4.99 Å². The van der Waals surface area contributed by atoms with Crippen molar-refractivity contribution < 1.29 is 27.1 Å². The number of aromatic nitrogens is 3. The summed E-state index contributed by atoms with van der Waals surface area (Å²) in [7, 11) is 0. The number of rotatable bonds is 5. The number of carbonyl (C=O) groups excluding carboxylic acids is 1. The third-order valence-electron chi connectivity index (χ3n) is 6.37. The van der Waals surface area contributed by atoms with Gasteiger partial charge in [0.25, 0.3) is 5.89 Å². The number of Topliss-reactive ketones (excluding diaryl/α,β-unsaturated/α-hetero) is 1. The Morgan fingerprint density at radius 2 is 1.87 bits per heavy atom. The van der Waals surface area contributed by atoms with Crippen molar-refractivity contribution in [2.45, 2.75) is 18.8 Å². The number of alkyl halides is 3. The topological polar surface area (TPSA) is 106 Å². The first-order valence-electron chi connectivity index (χ1n) is 12.1. The highest BCUT2D eigenvalue weighted by atomic mass is 32.1. The lowest BCUT2D eigenvalue weighted by molar-refractivity contribution is -0.137. The van der Waals surface area contributed by atoms with Crippen molar-refractivity contribution in [2.75, 3.05) is 36.5 Å². The molecule has 1 N–H and O–H groups in total. The average molecular weight is 555 g/mol. The first-order valence-corrected chi connectivity index (χ1v) is 13.0. The molecule has 5 heterocycles. The Kier molecular flexibility index (Phi) is 6.61. The van der Waals surface area contributed by atoms with Crippen LogP contribution in [0.5, 0.6) is 0 Å². The van der Waals surface area contributed by atoms with Crippen molar-refractivity contribution in [1.29, 1.82) is 0 Å². The van der Waals surface area contributed by atoms with Crippen LogP contribution in [-0.4, -0.2) is 59.1 Å². The molecule has 1 aromatic carbocycles. The number of anilines is 2. The summed E-state index contributed by atoms with van der Waals surface area (Å²) < 4.78 is 51.4. The van der Waals surface area contributed by atoms with Crippen LogP contribution in [0.25, 0.3) is 11.6 Å². The zero-order chi connectivity index (χ0) is 27.0. The molecule has 3 aromatic heterocycles. The third kappa shape index (κ3) is 5.14. The van der Waals surface area contributed by atoms with Crippen LogP contribution in [0.4, 0.5) is 24.9 Å². The maximum absolute atomic E-state index is 13.4. The lowest BCUT2D eigenvalue weighted by atomic mass is 10.0. The lowest BCUT2D eigenvalue weighted by Crippen LogP contribution is -2.36. The van der Waals surface area contributed by atoms with Gasteiger partial charge in [0.1, 0.15) is 0 Å². The van der Waals surface area contributed by atoms with E-state index in [1.54, 1.807) is 4.90 Å². The fourth-order valence-corrected chi connectivity index (χ4v) is 5.40. The van der Waals surface area contributed by atoms with Crippen LogP contribution >= 0.6 is 11.3 Å². The van der Waals surface area contributed by atoms with Gasteiger partial charge in [-0.25, -0.2) is 4.98 Å². The summed E-state index contributed by atoms with van der Waals surface area (Å²) in [6.07, 6.45) is -4.67. The van der Waals surface area contributed by atoms with Gasteiger partial charge >= 0.3 is 12.2 Å². The summed E-state index contributed by atoms with van der Waals surface area (Å²) in [5.74, 6) is -0.276. The number of nitrogens with zero attached hydrogens (tertiary/aromatic N) is 5. The SMILES string of the molecule is O=C1Cc2ccsc2C(c2ccccc2)=NC1Nc1nnc(-c2ncc(C(F)(F)F)cc2N2CCOCC2)o1. The van der Waals surface area contributed by atoms with E-state index in [2.05, 4.69) is 20.5 Å². The number of hydrogen-bond acceptors (Lipinski definition) is 10. The Labute approximate surface area is 224 Å². The molecule has 200 valence electrons. The molecule has 2 aliphatic rings. The molecular formula is C26H21F3N6O3S. The van der Waals surface area contributed by atoms with Crippen molar-refractivity contribution in [1.82, 2.24) is 15.2 Å². The molecule has 6 rings (SSSR count). The normalized spacial score (nSPS) is 17.9. The first kappa shape index (κ1) is 25.2. The summed E-state index contributed by atoms with van der Waals surface area (Å²) >= 11 is 1.51. The molecule has 1 atom stereocenters. The smallest absolute Gasteiger partial charge is 0.402 e. The molecule has 0 bridgehead atoms.